The van der Waals surface area contributed by atoms with Crippen LogP contribution in [0.4, 0.5) is 5.82 Å². The highest BCUT2D eigenvalue weighted by Crippen LogP contribution is 2.71. The fourth-order valence-corrected chi connectivity index (χ4v) is 5.76. The van der Waals surface area contributed by atoms with Crippen molar-refractivity contribution in [2.75, 3.05) is 19.0 Å². The summed E-state index contributed by atoms with van der Waals surface area (Å²) in [6.45, 7) is -0.371. The zero-order valence-electron chi connectivity index (χ0n) is 14.9. The summed E-state index contributed by atoms with van der Waals surface area (Å²) in [6, 6.07) is -0.285. The number of rotatable bonds is 7. The molecule has 0 aromatic carbocycles. The van der Waals surface area contributed by atoms with Crippen LogP contribution in [0.1, 0.15) is 18.9 Å². The molecule has 2 heterocycles. The molecule has 2 aliphatic carbocycles. The smallest absolute Gasteiger partial charge is 0.371 e. The monoisotopic (exact) mass is 561 g/mol. The Morgan fingerprint density at radius 1 is 1.31 bits per heavy atom. The number of fused-ring (bicyclic) bond motifs is 2. The predicted molar refractivity (Wildman–Crippen MR) is 107 cm³/mol. The molecule has 2 unspecified atom stereocenters. The van der Waals surface area contributed by atoms with Gasteiger partial charge in [-0.05, 0) is 18.8 Å². The number of hydrogen-bond donors (Lipinski definition) is 5. The highest BCUT2D eigenvalue weighted by atomic mass is 127. The number of hydrogen-bond acceptors (Lipinski definition) is 8. The van der Waals surface area contributed by atoms with Crippen molar-refractivity contribution in [2.24, 2.45) is 11.3 Å². The lowest BCUT2D eigenvalue weighted by molar-refractivity contribution is 0.0499. The quantitative estimate of drug-likeness (QED) is 0.184. The number of anilines is 1. The van der Waals surface area contributed by atoms with Crippen LogP contribution in [0.2, 0.25) is 0 Å². The molecule has 29 heavy (non-hydrogen) atoms. The highest BCUT2D eigenvalue weighted by Gasteiger charge is 2.70. The first-order valence-corrected chi connectivity index (χ1v) is 12.6. The first kappa shape index (κ1) is 21.5. The van der Waals surface area contributed by atoms with Crippen LogP contribution in [0.25, 0.3) is 11.2 Å². The van der Waals surface area contributed by atoms with Crippen LogP contribution in [-0.4, -0.2) is 58.9 Å². The average Bonchev–Trinajstić information content (AvgIpc) is 3.07. The number of phosphoric ester groups is 2. The molecular weight excluding hydrogens is 543 g/mol. The molecule has 2 aromatic rings. The molecule has 13 nitrogen and oxygen atoms in total. The topological polar surface area (TPSA) is 189 Å². The second-order valence-electron chi connectivity index (χ2n) is 7.11. The Hall–Kier alpha value is -0.700. The van der Waals surface area contributed by atoms with Crippen LogP contribution >= 0.6 is 38.2 Å². The van der Waals surface area contributed by atoms with Crippen molar-refractivity contribution >= 4 is 55.2 Å². The molecule has 0 radical (unpaired) electrons. The Morgan fingerprint density at radius 3 is 2.66 bits per heavy atom. The van der Waals surface area contributed by atoms with E-state index in [0.29, 0.717) is 27.2 Å². The third-order valence-corrected chi connectivity index (χ3v) is 6.97. The lowest BCUT2D eigenvalue weighted by Gasteiger charge is -2.24. The lowest BCUT2D eigenvalue weighted by atomic mass is 10.0. The van der Waals surface area contributed by atoms with E-state index in [1.54, 1.807) is 17.9 Å². The van der Waals surface area contributed by atoms with E-state index in [4.69, 9.17) is 14.3 Å². The minimum Gasteiger partial charge on any atom is -0.371 e. The minimum absolute atomic E-state index is 0.173. The van der Waals surface area contributed by atoms with Gasteiger partial charge in [0, 0.05) is 41.1 Å². The summed E-state index contributed by atoms with van der Waals surface area (Å²) in [7, 11) is -7.85. The number of nitrogens with one attached hydrogen (secondary N) is 1. The zero-order chi connectivity index (χ0) is 21.2. The van der Waals surface area contributed by atoms with Gasteiger partial charge in [0.15, 0.2) is 20.8 Å². The molecular formula is C13H18IN5O8P2. The molecule has 4 rings (SSSR count). The summed E-state index contributed by atoms with van der Waals surface area (Å²) in [5.41, 5.74) is 0.187. The van der Waals surface area contributed by atoms with E-state index in [-0.39, 0.29) is 25.0 Å². The van der Waals surface area contributed by atoms with Crippen molar-refractivity contribution in [3.63, 3.8) is 0 Å². The van der Waals surface area contributed by atoms with E-state index < -0.39 is 27.2 Å². The molecule has 2 fully saturated rings. The number of phosphoric acid groups is 2. The Morgan fingerprint density at radius 2 is 2.03 bits per heavy atom. The summed E-state index contributed by atoms with van der Waals surface area (Å²) in [4.78, 5) is 49.8. The van der Waals surface area contributed by atoms with E-state index in [0.717, 1.165) is 0 Å². The third kappa shape index (κ3) is 4.10. The van der Waals surface area contributed by atoms with Gasteiger partial charge in [-0.15, -0.1) is 0 Å². The van der Waals surface area contributed by atoms with Gasteiger partial charge in [0.05, 0.1) is 19.0 Å². The van der Waals surface area contributed by atoms with Gasteiger partial charge in [0.25, 0.3) is 0 Å². The van der Waals surface area contributed by atoms with E-state index in [9.17, 15) is 18.9 Å². The molecule has 0 spiro atoms. The molecule has 0 aliphatic heterocycles. The molecule has 160 valence electrons. The second-order valence-corrected chi connectivity index (χ2v) is 10.5. The Balaban J connectivity index is 1.70. The van der Waals surface area contributed by atoms with Crippen molar-refractivity contribution in [3.8, 4) is 0 Å². The maximum absolute atomic E-state index is 11.5. The summed E-state index contributed by atoms with van der Waals surface area (Å²) in [5.74, 6) is 0.375. The van der Waals surface area contributed by atoms with Gasteiger partial charge in [0.2, 0.25) is 0 Å². The molecule has 0 saturated heterocycles. The SMILES string of the molecule is CNc1nc(I)nc2c1ncn2C1CC(OP(=O)(O)O)[C@@]2(COP(=O)(O)O)C[C@@H]12. The van der Waals surface area contributed by atoms with Gasteiger partial charge >= 0.3 is 15.6 Å². The van der Waals surface area contributed by atoms with Crippen LogP contribution in [0, 0.1) is 15.2 Å². The molecule has 2 aromatic heterocycles. The second kappa shape index (κ2) is 7.18. The molecule has 0 bridgehead atoms. The van der Waals surface area contributed by atoms with Crippen molar-refractivity contribution < 1.29 is 37.8 Å². The van der Waals surface area contributed by atoms with Crippen molar-refractivity contribution in [2.45, 2.75) is 25.0 Å². The highest BCUT2D eigenvalue weighted by molar-refractivity contribution is 14.1. The first-order valence-electron chi connectivity index (χ1n) is 8.45. The largest absolute Gasteiger partial charge is 0.469 e. The van der Waals surface area contributed by atoms with Crippen molar-refractivity contribution in [3.05, 3.63) is 10.2 Å². The minimum atomic E-state index is -4.82. The Kier molecular flexibility index (Phi) is 5.33. The third-order valence-electron chi connectivity index (χ3n) is 5.49. The zero-order valence-corrected chi connectivity index (χ0v) is 18.9. The van der Waals surface area contributed by atoms with E-state index in [2.05, 4.69) is 24.8 Å². The maximum Gasteiger partial charge on any atom is 0.469 e. The van der Waals surface area contributed by atoms with Crippen molar-refractivity contribution in [1.82, 2.24) is 19.5 Å². The molecule has 0 amide bonds. The number of nitrogens with zero attached hydrogens (tertiary/aromatic N) is 4. The lowest BCUT2D eigenvalue weighted by Crippen LogP contribution is -2.26. The van der Waals surface area contributed by atoms with Crippen LogP contribution < -0.4 is 5.32 Å². The normalized spacial score (nSPS) is 29.2. The van der Waals surface area contributed by atoms with Crippen molar-refractivity contribution in [1.29, 1.82) is 0 Å². The fourth-order valence-electron chi connectivity index (χ4n) is 4.25. The maximum atomic E-state index is 11.5. The van der Waals surface area contributed by atoms with Crippen LogP contribution in [0.3, 0.4) is 0 Å². The average molecular weight is 561 g/mol. The predicted octanol–water partition coefficient (Wildman–Crippen LogP) is 1.01. The van der Waals surface area contributed by atoms with Gasteiger partial charge < -0.3 is 29.5 Å². The summed E-state index contributed by atoms with van der Waals surface area (Å²) < 4.78 is 34.6. The molecule has 2 aliphatic rings. The Labute approximate surface area is 177 Å². The number of imidazole rings is 1. The van der Waals surface area contributed by atoms with Gasteiger partial charge in [-0.25, -0.2) is 24.1 Å². The van der Waals surface area contributed by atoms with E-state index in [1.807, 2.05) is 22.6 Å². The van der Waals surface area contributed by atoms with Gasteiger partial charge in [0.1, 0.15) is 0 Å². The molecule has 2 saturated carbocycles. The van der Waals surface area contributed by atoms with E-state index in [1.165, 1.54) is 0 Å². The summed E-state index contributed by atoms with van der Waals surface area (Å²) in [6.07, 6.45) is 1.28. The fraction of sp³-hybridized carbons (Fsp3) is 0.615. The number of aromatic nitrogens is 4. The van der Waals surface area contributed by atoms with Crippen LogP contribution in [0.15, 0.2) is 6.33 Å². The Bertz CT molecular complexity index is 1060. The van der Waals surface area contributed by atoms with Crippen LogP contribution in [0.5, 0.6) is 0 Å². The van der Waals surface area contributed by atoms with Gasteiger partial charge in [-0.2, -0.15) is 0 Å². The molecule has 5 N–H and O–H groups in total. The van der Waals surface area contributed by atoms with Crippen LogP contribution in [-0.2, 0) is 18.2 Å². The van der Waals surface area contributed by atoms with Gasteiger partial charge in [-0.1, -0.05) is 0 Å². The standard InChI is InChI=1S/C13H18IN5O8P2/c1-15-10-9-11(18-12(14)17-10)19(5-16-9)7-2-8(27-29(23,24)25)13(3-6(7)13)4-26-28(20,21)22/h5-8H,2-4H2,1H3,(H,15,17,18)(H2,20,21,22)(H2,23,24,25)/t6-,7?,8?,13+/m0/s1. The van der Waals surface area contributed by atoms with E-state index >= 15 is 0 Å². The first-order chi connectivity index (χ1) is 13.4. The molecule has 16 heteroatoms. The van der Waals surface area contributed by atoms with Gasteiger partial charge in [-0.3, -0.25) is 9.05 Å². The summed E-state index contributed by atoms with van der Waals surface area (Å²) >= 11 is 1.98. The molecule has 4 atom stereocenters. The number of halogens is 1. The summed E-state index contributed by atoms with van der Waals surface area (Å²) in [5, 5.41) is 2.95.